The lowest BCUT2D eigenvalue weighted by Crippen LogP contribution is -2.21. The van der Waals surface area contributed by atoms with Crippen molar-refractivity contribution in [3.8, 4) is 0 Å². The van der Waals surface area contributed by atoms with E-state index in [1.165, 1.54) is 6.07 Å². The Kier molecular flexibility index (Phi) is 5.50. The Morgan fingerprint density at radius 1 is 1.56 bits per heavy atom. The van der Waals surface area contributed by atoms with Crippen LogP contribution in [-0.4, -0.2) is 6.54 Å². The van der Waals surface area contributed by atoms with E-state index >= 15 is 0 Å². The van der Waals surface area contributed by atoms with Crippen molar-refractivity contribution in [3.05, 3.63) is 47.3 Å². The Labute approximate surface area is 101 Å². The van der Waals surface area contributed by atoms with E-state index in [1.807, 2.05) is 6.08 Å². The molecule has 1 nitrogen and oxygen atoms in total. The van der Waals surface area contributed by atoms with Crippen molar-refractivity contribution in [1.82, 2.24) is 5.32 Å². The number of halogens is 2. The van der Waals surface area contributed by atoms with Gasteiger partial charge in [0.2, 0.25) is 0 Å². The van der Waals surface area contributed by atoms with Crippen molar-refractivity contribution in [1.29, 1.82) is 0 Å². The lowest BCUT2D eigenvalue weighted by atomic mass is 10.0. The van der Waals surface area contributed by atoms with Crippen LogP contribution in [0.1, 0.15) is 31.4 Å². The van der Waals surface area contributed by atoms with Gasteiger partial charge in [0.15, 0.2) is 0 Å². The summed E-state index contributed by atoms with van der Waals surface area (Å²) in [5.41, 5.74) is 1.000. The van der Waals surface area contributed by atoms with E-state index in [-0.39, 0.29) is 16.9 Å². The third-order valence-electron chi connectivity index (χ3n) is 2.39. The first kappa shape index (κ1) is 13.2. The molecule has 0 aromatic heterocycles. The lowest BCUT2D eigenvalue weighted by Gasteiger charge is -2.17. The monoisotopic (exact) mass is 241 g/mol. The molecule has 1 unspecified atom stereocenters. The first-order valence-electron chi connectivity index (χ1n) is 5.48. The SMILES string of the molecule is C=CCC(NCCC)c1ccc(F)c(Cl)c1. The standard InChI is InChI=1S/C13H17ClFN/c1-3-5-13(16-8-4-2)10-6-7-12(15)11(14)9-10/h3,6-7,9,13,16H,1,4-5,8H2,2H3. The maximum absolute atomic E-state index is 13.0. The fourth-order valence-electron chi connectivity index (χ4n) is 1.55. The van der Waals surface area contributed by atoms with E-state index in [0.717, 1.165) is 24.9 Å². The molecule has 0 aliphatic carbocycles. The molecule has 0 amide bonds. The van der Waals surface area contributed by atoms with E-state index in [0.29, 0.717) is 0 Å². The molecule has 0 spiro atoms. The van der Waals surface area contributed by atoms with Crippen molar-refractivity contribution in [3.63, 3.8) is 0 Å². The number of rotatable bonds is 6. The molecule has 0 heterocycles. The van der Waals surface area contributed by atoms with Gasteiger partial charge in [-0.2, -0.15) is 0 Å². The molecule has 0 aliphatic rings. The van der Waals surface area contributed by atoms with Gasteiger partial charge in [-0.05, 0) is 37.1 Å². The maximum atomic E-state index is 13.0. The second kappa shape index (κ2) is 6.66. The number of hydrogen-bond donors (Lipinski definition) is 1. The van der Waals surface area contributed by atoms with Crippen molar-refractivity contribution >= 4 is 11.6 Å². The summed E-state index contributed by atoms with van der Waals surface area (Å²) in [7, 11) is 0. The molecule has 0 saturated heterocycles. The van der Waals surface area contributed by atoms with Crippen LogP contribution in [0.25, 0.3) is 0 Å². The fraction of sp³-hybridized carbons (Fsp3) is 0.385. The van der Waals surface area contributed by atoms with Gasteiger partial charge in [-0.15, -0.1) is 6.58 Å². The quantitative estimate of drug-likeness (QED) is 0.740. The molecular formula is C13H17ClFN. The lowest BCUT2D eigenvalue weighted by molar-refractivity contribution is 0.535. The van der Waals surface area contributed by atoms with E-state index in [9.17, 15) is 4.39 Å². The van der Waals surface area contributed by atoms with E-state index < -0.39 is 0 Å². The summed E-state index contributed by atoms with van der Waals surface area (Å²) >= 11 is 5.76. The summed E-state index contributed by atoms with van der Waals surface area (Å²) < 4.78 is 13.0. The normalized spacial score (nSPS) is 12.4. The summed E-state index contributed by atoms with van der Waals surface area (Å²) in [5.74, 6) is -0.377. The van der Waals surface area contributed by atoms with Crippen LogP contribution in [0.3, 0.4) is 0 Å². The summed E-state index contributed by atoms with van der Waals surface area (Å²) in [6, 6.07) is 5.00. The van der Waals surface area contributed by atoms with Crippen LogP contribution in [0.15, 0.2) is 30.9 Å². The maximum Gasteiger partial charge on any atom is 0.141 e. The highest BCUT2D eigenvalue weighted by Crippen LogP contribution is 2.23. The second-order valence-electron chi connectivity index (χ2n) is 3.70. The third kappa shape index (κ3) is 3.62. The predicted octanol–water partition coefficient (Wildman–Crippen LogP) is 4.10. The molecule has 0 fully saturated rings. The second-order valence-corrected chi connectivity index (χ2v) is 4.11. The van der Waals surface area contributed by atoms with Crippen molar-refractivity contribution < 1.29 is 4.39 Å². The zero-order chi connectivity index (χ0) is 12.0. The molecule has 1 aromatic carbocycles. The summed E-state index contributed by atoms with van der Waals surface area (Å²) in [6.07, 6.45) is 3.72. The van der Waals surface area contributed by atoms with Crippen molar-refractivity contribution in [2.45, 2.75) is 25.8 Å². The van der Waals surface area contributed by atoms with Gasteiger partial charge < -0.3 is 5.32 Å². The molecule has 16 heavy (non-hydrogen) atoms. The Bertz CT molecular complexity index is 352. The van der Waals surface area contributed by atoms with Gasteiger partial charge in [0, 0.05) is 6.04 Å². The van der Waals surface area contributed by atoms with Crippen LogP contribution in [0.5, 0.6) is 0 Å². The van der Waals surface area contributed by atoms with Gasteiger partial charge in [0.05, 0.1) is 5.02 Å². The van der Waals surface area contributed by atoms with Crippen LogP contribution < -0.4 is 5.32 Å². The molecule has 88 valence electrons. The Morgan fingerprint density at radius 3 is 2.88 bits per heavy atom. The molecule has 0 saturated carbocycles. The average molecular weight is 242 g/mol. The molecule has 1 atom stereocenters. The number of benzene rings is 1. The van der Waals surface area contributed by atoms with Gasteiger partial charge in [-0.1, -0.05) is 30.7 Å². The molecule has 0 bridgehead atoms. The Morgan fingerprint density at radius 2 is 2.31 bits per heavy atom. The molecule has 1 N–H and O–H groups in total. The van der Waals surface area contributed by atoms with Crippen LogP contribution in [-0.2, 0) is 0 Å². The highest BCUT2D eigenvalue weighted by molar-refractivity contribution is 6.30. The van der Waals surface area contributed by atoms with Crippen LogP contribution >= 0.6 is 11.6 Å². The fourth-order valence-corrected chi connectivity index (χ4v) is 1.74. The minimum Gasteiger partial charge on any atom is -0.310 e. The first-order valence-corrected chi connectivity index (χ1v) is 5.86. The Hall–Kier alpha value is -0.860. The van der Waals surface area contributed by atoms with E-state index in [1.54, 1.807) is 12.1 Å². The molecule has 0 aliphatic heterocycles. The van der Waals surface area contributed by atoms with Crippen LogP contribution in [0, 0.1) is 5.82 Å². The third-order valence-corrected chi connectivity index (χ3v) is 2.68. The van der Waals surface area contributed by atoms with Gasteiger partial charge in [0.25, 0.3) is 0 Å². The predicted molar refractivity (Wildman–Crippen MR) is 67.3 cm³/mol. The molecule has 1 aromatic rings. The van der Waals surface area contributed by atoms with Gasteiger partial charge in [0.1, 0.15) is 5.82 Å². The van der Waals surface area contributed by atoms with E-state index in [4.69, 9.17) is 11.6 Å². The van der Waals surface area contributed by atoms with Gasteiger partial charge in [-0.25, -0.2) is 4.39 Å². The minimum atomic E-state index is -0.377. The zero-order valence-electron chi connectivity index (χ0n) is 9.47. The highest BCUT2D eigenvalue weighted by atomic mass is 35.5. The first-order chi connectivity index (χ1) is 7.69. The largest absolute Gasteiger partial charge is 0.310 e. The van der Waals surface area contributed by atoms with E-state index in [2.05, 4.69) is 18.8 Å². The number of nitrogens with one attached hydrogen (secondary N) is 1. The number of hydrogen-bond acceptors (Lipinski definition) is 1. The van der Waals surface area contributed by atoms with Crippen molar-refractivity contribution in [2.75, 3.05) is 6.54 Å². The molecule has 0 radical (unpaired) electrons. The summed E-state index contributed by atoms with van der Waals surface area (Å²) in [6.45, 7) is 6.76. The molecule has 1 rings (SSSR count). The summed E-state index contributed by atoms with van der Waals surface area (Å²) in [5, 5.41) is 3.55. The van der Waals surface area contributed by atoms with Crippen LogP contribution in [0.4, 0.5) is 4.39 Å². The van der Waals surface area contributed by atoms with Gasteiger partial charge >= 0.3 is 0 Å². The average Bonchev–Trinajstić information content (AvgIpc) is 2.28. The summed E-state index contributed by atoms with van der Waals surface area (Å²) in [4.78, 5) is 0. The Balaban J connectivity index is 2.82. The molecular weight excluding hydrogens is 225 g/mol. The van der Waals surface area contributed by atoms with Crippen molar-refractivity contribution in [2.24, 2.45) is 0 Å². The highest BCUT2D eigenvalue weighted by Gasteiger charge is 2.10. The topological polar surface area (TPSA) is 12.0 Å². The minimum absolute atomic E-state index is 0.163. The zero-order valence-corrected chi connectivity index (χ0v) is 10.2. The smallest absolute Gasteiger partial charge is 0.141 e. The molecule has 3 heteroatoms. The van der Waals surface area contributed by atoms with Gasteiger partial charge in [-0.3, -0.25) is 0 Å². The van der Waals surface area contributed by atoms with Crippen LogP contribution in [0.2, 0.25) is 5.02 Å².